The van der Waals surface area contributed by atoms with E-state index < -0.39 is 5.60 Å². The molecule has 0 aliphatic rings. The molecule has 0 bridgehead atoms. The van der Waals surface area contributed by atoms with Gasteiger partial charge < -0.3 is 4.74 Å². The molecule has 1 heterocycles. The Kier molecular flexibility index (Phi) is 3.16. The van der Waals surface area contributed by atoms with Gasteiger partial charge in [-0.2, -0.15) is 0 Å². The Morgan fingerprint density at radius 3 is 2.61 bits per heavy atom. The molecule has 3 nitrogen and oxygen atoms in total. The summed E-state index contributed by atoms with van der Waals surface area (Å²) in [4.78, 5) is 12.0. The molecule has 0 radical (unpaired) electrons. The number of aromatic nitrogens is 1. The highest BCUT2D eigenvalue weighted by molar-refractivity contribution is 5.89. The van der Waals surface area contributed by atoms with E-state index in [1.54, 1.807) is 10.8 Å². The molecular formula is C15H19NO2. The smallest absolute Gasteiger partial charge is 0.418 e. The number of fused-ring (bicyclic) bond motifs is 1. The molecule has 1 aromatic heterocycles. The van der Waals surface area contributed by atoms with Gasteiger partial charge in [-0.1, -0.05) is 13.0 Å². The van der Waals surface area contributed by atoms with Crippen molar-refractivity contribution in [2.45, 2.75) is 39.7 Å². The highest BCUT2D eigenvalue weighted by Crippen LogP contribution is 2.19. The third-order valence-corrected chi connectivity index (χ3v) is 2.75. The molecule has 0 fully saturated rings. The summed E-state index contributed by atoms with van der Waals surface area (Å²) >= 11 is 0. The van der Waals surface area contributed by atoms with Crippen LogP contribution < -0.4 is 0 Å². The number of aryl methyl sites for hydroxylation is 1. The highest BCUT2D eigenvalue weighted by Gasteiger charge is 2.18. The van der Waals surface area contributed by atoms with E-state index in [0.29, 0.717) is 0 Å². The number of nitrogens with zero attached hydrogens (tertiary/aromatic N) is 1. The lowest BCUT2D eigenvalue weighted by Crippen LogP contribution is -2.26. The molecule has 0 saturated heterocycles. The average Bonchev–Trinajstić information content (AvgIpc) is 2.69. The van der Waals surface area contributed by atoms with Gasteiger partial charge in [-0.15, -0.1) is 0 Å². The zero-order chi connectivity index (χ0) is 13.3. The van der Waals surface area contributed by atoms with Gasteiger partial charge in [0.1, 0.15) is 5.60 Å². The number of carbonyl (C=O) groups is 1. The van der Waals surface area contributed by atoms with Crippen LogP contribution in [0, 0.1) is 0 Å². The second-order valence-electron chi connectivity index (χ2n) is 5.41. The Balaban J connectivity index is 2.38. The molecule has 0 spiro atoms. The lowest BCUT2D eigenvalue weighted by atomic mass is 10.1. The molecule has 1 aromatic carbocycles. The van der Waals surface area contributed by atoms with Gasteiger partial charge in [0.2, 0.25) is 0 Å². The Bertz CT molecular complexity index is 576. The van der Waals surface area contributed by atoms with Crippen LogP contribution in [0.25, 0.3) is 10.9 Å². The minimum absolute atomic E-state index is 0.332. The number of carbonyl (C=O) groups excluding carboxylic acids is 1. The largest absolute Gasteiger partial charge is 0.443 e. The molecule has 0 amide bonds. The monoisotopic (exact) mass is 245 g/mol. The van der Waals surface area contributed by atoms with Crippen molar-refractivity contribution in [2.75, 3.05) is 0 Å². The number of benzene rings is 1. The van der Waals surface area contributed by atoms with E-state index in [4.69, 9.17) is 4.74 Å². The minimum Gasteiger partial charge on any atom is -0.443 e. The molecule has 0 N–H and O–H groups in total. The summed E-state index contributed by atoms with van der Waals surface area (Å²) < 4.78 is 6.93. The van der Waals surface area contributed by atoms with Crippen LogP contribution in [0.2, 0.25) is 0 Å². The normalized spacial score (nSPS) is 11.8. The van der Waals surface area contributed by atoms with Gasteiger partial charge >= 0.3 is 6.09 Å². The molecule has 96 valence electrons. The van der Waals surface area contributed by atoms with E-state index in [1.165, 1.54) is 5.56 Å². The van der Waals surface area contributed by atoms with Crippen molar-refractivity contribution in [3.8, 4) is 0 Å². The van der Waals surface area contributed by atoms with Gasteiger partial charge in [0.05, 0.1) is 5.52 Å². The molecule has 0 atom stereocenters. The molecule has 2 rings (SSSR count). The average molecular weight is 245 g/mol. The van der Waals surface area contributed by atoms with Crippen molar-refractivity contribution >= 4 is 17.0 Å². The molecule has 3 heteroatoms. The second kappa shape index (κ2) is 4.48. The Morgan fingerprint density at radius 1 is 1.28 bits per heavy atom. The molecular weight excluding hydrogens is 226 g/mol. The standard InChI is InChI=1S/C15H19NO2/c1-5-11-6-7-13-12(10-11)8-9-16(13)14(17)18-15(2,3)4/h6-10H,5H2,1-4H3. The van der Waals surface area contributed by atoms with Gasteiger partial charge in [0.15, 0.2) is 0 Å². The first-order valence-corrected chi connectivity index (χ1v) is 6.24. The lowest BCUT2D eigenvalue weighted by molar-refractivity contribution is 0.0544. The SMILES string of the molecule is CCc1ccc2c(ccn2C(=O)OC(C)(C)C)c1. The number of ether oxygens (including phenoxy) is 1. The van der Waals surface area contributed by atoms with Crippen LogP contribution in [0.5, 0.6) is 0 Å². The van der Waals surface area contributed by atoms with Gasteiger partial charge in [-0.05, 0) is 51.0 Å². The first-order chi connectivity index (χ1) is 8.40. The van der Waals surface area contributed by atoms with Gasteiger partial charge in [0.25, 0.3) is 0 Å². The quantitative estimate of drug-likeness (QED) is 0.760. The summed E-state index contributed by atoms with van der Waals surface area (Å²) in [6, 6.07) is 8.07. The van der Waals surface area contributed by atoms with Crippen LogP contribution in [0.1, 0.15) is 33.3 Å². The zero-order valence-corrected chi connectivity index (χ0v) is 11.4. The fraction of sp³-hybridized carbons (Fsp3) is 0.400. The van der Waals surface area contributed by atoms with Crippen molar-refractivity contribution in [1.29, 1.82) is 0 Å². The summed E-state index contributed by atoms with van der Waals surface area (Å²) in [5.74, 6) is 0. The predicted octanol–water partition coefficient (Wildman–Crippen LogP) is 3.99. The van der Waals surface area contributed by atoms with Crippen LogP contribution >= 0.6 is 0 Å². The summed E-state index contributed by atoms with van der Waals surface area (Å²) in [5, 5.41) is 1.07. The molecule has 0 aliphatic carbocycles. The van der Waals surface area contributed by atoms with Crippen LogP contribution in [-0.2, 0) is 11.2 Å². The van der Waals surface area contributed by atoms with Crippen LogP contribution in [0.3, 0.4) is 0 Å². The molecule has 0 aliphatic heterocycles. The van der Waals surface area contributed by atoms with E-state index in [0.717, 1.165) is 17.3 Å². The van der Waals surface area contributed by atoms with Crippen molar-refractivity contribution in [2.24, 2.45) is 0 Å². The maximum atomic E-state index is 12.0. The highest BCUT2D eigenvalue weighted by atomic mass is 16.6. The van der Waals surface area contributed by atoms with E-state index >= 15 is 0 Å². The third-order valence-electron chi connectivity index (χ3n) is 2.75. The molecule has 18 heavy (non-hydrogen) atoms. The fourth-order valence-electron chi connectivity index (χ4n) is 1.88. The molecule has 0 unspecified atom stereocenters. The van der Waals surface area contributed by atoms with Crippen molar-refractivity contribution < 1.29 is 9.53 Å². The second-order valence-corrected chi connectivity index (χ2v) is 5.41. The van der Waals surface area contributed by atoms with Crippen molar-refractivity contribution in [3.05, 3.63) is 36.0 Å². The topological polar surface area (TPSA) is 31.2 Å². The Hall–Kier alpha value is -1.77. The van der Waals surface area contributed by atoms with Crippen LogP contribution in [0.15, 0.2) is 30.5 Å². The van der Waals surface area contributed by atoms with E-state index in [-0.39, 0.29) is 6.09 Å². The van der Waals surface area contributed by atoms with Gasteiger partial charge in [-0.3, -0.25) is 4.57 Å². The van der Waals surface area contributed by atoms with E-state index in [2.05, 4.69) is 13.0 Å². The summed E-state index contributed by atoms with van der Waals surface area (Å²) in [5.41, 5.74) is 1.68. The molecule has 0 saturated carbocycles. The number of rotatable bonds is 1. The summed E-state index contributed by atoms with van der Waals surface area (Å²) in [6.07, 6.45) is 2.42. The fourth-order valence-corrected chi connectivity index (χ4v) is 1.88. The van der Waals surface area contributed by atoms with Crippen LogP contribution in [0.4, 0.5) is 4.79 Å². The first-order valence-electron chi connectivity index (χ1n) is 6.24. The predicted molar refractivity (Wildman–Crippen MR) is 72.9 cm³/mol. The zero-order valence-electron chi connectivity index (χ0n) is 11.4. The van der Waals surface area contributed by atoms with Gasteiger partial charge in [0, 0.05) is 11.6 Å². The number of hydrogen-bond donors (Lipinski definition) is 0. The van der Waals surface area contributed by atoms with Crippen LogP contribution in [-0.4, -0.2) is 16.3 Å². The minimum atomic E-state index is -0.475. The maximum absolute atomic E-state index is 12.0. The Labute approximate surface area is 107 Å². The maximum Gasteiger partial charge on any atom is 0.418 e. The first kappa shape index (κ1) is 12.7. The van der Waals surface area contributed by atoms with Crippen molar-refractivity contribution in [1.82, 2.24) is 4.57 Å². The third kappa shape index (κ3) is 2.55. The lowest BCUT2D eigenvalue weighted by Gasteiger charge is -2.19. The van der Waals surface area contributed by atoms with E-state index in [1.807, 2.05) is 39.0 Å². The summed E-state index contributed by atoms with van der Waals surface area (Å²) in [7, 11) is 0. The molecule has 2 aromatic rings. The van der Waals surface area contributed by atoms with E-state index in [9.17, 15) is 4.79 Å². The van der Waals surface area contributed by atoms with Gasteiger partial charge in [-0.25, -0.2) is 4.79 Å². The van der Waals surface area contributed by atoms with Crippen molar-refractivity contribution in [3.63, 3.8) is 0 Å². The number of hydrogen-bond acceptors (Lipinski definition) is 2. The summed E-state index contributed by atoms with van der Waals surface area (Å²) in [6.45, 7) is 7.72. The Morgan fingerprint density at radius 2 is 2.00 bits per heavy atom.